The van der Waals surface area contributed by atoms with Crippen LogP contribution in [0.25, 0.3) is 27.7 Å². The molecule has 0 unspecified atom stereocenters. The van der Waals surface area contributed by atoms with Crippen molar-refractivity contribution in [3.8, 4) is 28.4 Å². The molecule has 0 bridgehead atoms. The molecule has 9 heteroatoms. The summed E-state index contributed by atoms with van der Waals surface area (Å²) < 4.78 is 6.29. The number of ether oxygens (including phenoxy) is 1. The normalized spacial score (nSPS) is 10.9. The van der Waals surface area contributed by atoms with Crippen LogP contribution in [0.5, 0.6) is 11.5 Å². The standard InChI is InChI=1S/C25H18N4O4S/c1-33-21-9-5-4-8-19(21)29-22(31)13-20(30)23(28-29)24(32)27-25-26-18(14-34-25)17-11-10-15-6-2-3-7-16(15)12-17/h2-14,30H,1H3,(H,26,27,32). The zero-order valence-corrected chi connectivity index (χ0v) is 18.7. The van der Waals surface area contributed by atoms with E-state index in [9.17, 15) is 14.7 Å². The van der Waals surface area contributed by atoms with E-state index < -0.39 is 17.2 Å². The van der Waals surface area contributed by atoms with Crippen molar-refractivity contribution in [2.45, 2.75) is 0 Å². The Morgan fingerprint density at radius 2 is 1.79 bits per heavy atom. The maximum atomic E-state index is 12.9. The third-order valence-corrected chi connectivity index (χ3v) is 5.97. The number of aromatic hydroxyl groups is 1. The van der Waals surface area contributed by atoms with Crippen molar-refractivity contribution in [2.24, 2.45) is 0 Å². The number of carbonyl (C=O) groups excluding carboxylic acids is 1. The molecule has 2 N–H and O–H groups in total. The summed E-state index contributed by atoms with van der Waals surface area (Å²) in [6, 6.07) is 21.7. The number of thiazole rings is 1. The average molecular weight is 471 g/mol. The summed E-state index contributed by atoms with van der Waals surface area (Å²) in [6.07, 6.45) is 0. The van der Waals surface area contributed by atoms with E-state index in [4.69, 9.17) is 4.74 Å². The van der Waals surface area contributed by atoms with Gasteiger partial charge in [-0.3, -0.25) is 14.9 Å². The quantitative estimate of drug-likeness (QED) is 0.392. The predicted octanol–water partition coefficient (Wildman–Crippen LogP) is 4.48. The van der Waals surface area contributed by atoms with Crippen molar-refractivity contribution >= 4 is 33.1 Å². The van der Waals surface area contributed by atoms with Crippen LogP contribution in [0.1, 0.15) is 10.5 Å². The van der Waals surface area contributed by atoms with E-state index in [1.807, 2.05) is 47.8 Å². The Morgan fingerprint density at radius 1 is 1.03 bits per heavy atom. The summed E-state index contributed by atoms with van der Waals surface area (Å²) in [5.41, 5.74) is 1.06. The highest BCUT2D eigenvalue weighted by atomic mass is 32.1. The number of hydrogen-bond donors (Lipinski definition) is 2. The van der Waals surface area contributed by atoms with Gasteiger partial charge in [0.25, 0.3) is 11.5 Å². The number of benzene rings is 3. The molecule has 2 aromatic heterocycles. The third kappa shape index (κ3) is 4.00. The molecule has 0 fully saturated rings. The number of rotatable bonds is 5. The monoisotopic (exact) mass is 470 g/mol. The molecule has 0 atom stereocenters. The summed E-state index contributed by atoms with van der Waals surface area (Å²) >= 11 is 1.25. The fraction of sp³-hybridized carbons (Fsp3) is 0.0400. The van der Waals surface area contributed by atoms with Gasteiger partial charge in [-0.1, -0.05) is 48.5 Å². The van der Waals surface area contributed by atoms with Gasteiger partial charge in [0.1, 0.15) is 11.4 Å². The van der Waals surface area contributed by atoms with Crippen LogP contribution in [0.4, 0.5) is 5.13 Å². The number of nitrogens with zero attached hydrogens (tertiary/aromatic N) is 3. The van der Waals surface area contributed by atoms with Crippen LogP contribution in [0.15, 0.2) is 83.0 Å². The van der Waals surface area contributed by atoms with Crippen LogP contribution in [0.3, 0.4) is 0 Å². The van der Waals surface area contributed by atoms with Gasteiger partial charge in [-0.05, 0) is 29.0 Å². The van der Waals surface area contributed by atoms with Gasteiger partial charge in [-0.25, -0.2) is 4.98 Å². The molecule has 0 radical (unpaired) electrons. The second-order valence-corrected chi connectivity index (χ2v) is 8.21. The minimum Gasteiger partial charge on any atom is -0.505 e. The Kier molecular flexibility index (Phi) is 5.52. The van der Waals surface area contributed by atoms with Gasteiger partial charge >= 0.3 is 0 Å². The summed E-state index contributed by atoms with van der Waals surface area (Å²) in [7, 11) is 1.47. The number of carbonyl (C=O) groups is 1. The Hall–Kier alpha value is -4.50. The lowest BCUT2D eigenvalue weighted by molar-refractivity contribution is 0.101. The second-order valence-electron chi connectivity index (χ2n) is 7.35. The molecule has 1 amide bonds. The second kappa shape index (κ2) is 8.80. The van der Waals surface area contributed by atoms with Crippen LogP contribution in [-0.2, 0) is 0 Å². The molecular weight excluding hydrogens is 452 g/mol. The van der Waals surface area contributed by atoms with Gasteiger partial charge < -0.3 is 9.84 Å². The number of hydrogen-bond acceptors (Lipinski definition) is 7. The van der Waals surface area contributed by atoms with Crippen molar-refractivity contribution in [3.63, 3.8) is 0 Å². The first-order chi connectivity index (χ1) is 16.5. The first-order valence-electron chi connectivity index (χ1n) is 10.3. The number of fused-ring (bicyclic) bond motifs is 1. The average Bonchev–Trinajstić information content (AvgIpc) is 3.32. The fourth-order valence-corrected chi connectivity index (χ4v) is 4.27. The summed E-state index contributed by atoms with van der Waals surface area (Å²) in [4.78, 5) is 29.8. The Bertz CT molecular complexity index is 1590. The van der Waals surface area contributed by atoms with Crippen molar-refractivity contribution in [2.75, 3.05) is 12.4 Å². The van der Waals surface area contributed by atoms with E-state index in [2.05, 4.69) is 15.4 Å². The van der Waals surface area contributed by atoms with Gasteiger partial charge in [-0.15, -0.1) is 11.3 Å². The molecular formula is C25H18N4O4S. The van der Waals surface area contributed by atoms with E-state index >= 15 is 0 Å². The Balaban J connectivity index is 1.44. The first-order valence-corrected chi connectivity index (χ1v) is 11.1. The van der Waals surface area contributed by atoms with Crippen LogP contribution >= 0.6 is 11.3 Å². The number of nitrogens with one attached hydrogen (secondary N) is 1. The maximum absolute atomic E-state index is 12.9. The molecule has 0 aliphatic rings. The van der Waals surface area contributed by atoms with Crippen LogP contribution in [0, 0.1) is 0 Å². The molecule has 168 valence electrons. The Labute approximate surface area is 197 Å². The van der Waals surface area contributed by atoms with E-state index in [-0.39, 0.29) is 5.69 Å². The van der Waals surface area contributed by atoms with Crippen LogP contribution in [-0.4, -0.2) is 32.9 Å². The topological polar surface area (TPSA) is 106 Å². The molecule has 3 aromatic carbocycles. The smallest absolute Gasteiger partial charge is 0.281 e. The SMILES string of the molecule is COc1ccccc1-n1nc(C(=O)Nc2nc(-c3ccc4ccccc4c3)cs2)c(O)cc1=O. The molecule has 0 spiro atoms. The van der Waals surface area contributed by atoms with Crippen molar-refractivity contribution in [3.05, 3.63) is 94.2 Å². The highest BCUT2D eigenvalue weighted by Crippen LogP contribution is 2.28. The van der Waals surface area contributed by atoms with Crippen molar-refractivity contribution in [1.29, 1.82) is 0 Å². The highest BCUT2D eigenvalue weighted by molar-refractivity contribution is 7.14. The number of amides is 1. The van der Waals surface area contributed by atoms with Gasteiger partial charge in [0.05, 0.1) is 12.8 Å². The number of methoxy groups -OCH3 is 1. The molecule has 0 saturated heterocycles. The number of anilines is 1. The summed E-state index contributed by atoms with van der Waals surface area (Å²) in [5, 5.41) is 21.4. The maximum Gasteiger partial charge on any atom is 0.281 e. The highest BCUT2D eigenvalue weighted by Gasteiger charge is 2.19. The van der Waals surface area contributed by atoms with Crippen LogP contribution in [0.2, 0.25) is 0 Å². The molecule has 8 nitrogen and oxygen atoms in total. The van der Waals surface area contributed by atoms with Gasteiger partial charge in [-0.2, -0.15) is 9.78 Å². The van der Waals surface area contributed by atoms with Crippen molar-refractivity contribution in [1.82, 2.24) is 14.8 Å². The minimum atomic E-state index is -0.694. The third-order valence-electron chi connectivity index (χ3n) is 5.21. The molecule has 0 aliphatic heterocycles. The fourth-order valence-electron chi connectivity index (χ4n) is 3.55. The minimum absolute atomic E-state index is 0.312. The molecule has 0 aliphatic carbocycles. The predicted molar refractivity (Wildman–Crippen MR) is 131 cm³/mol. The Morgan fingerprint density at radius 3 is 2.62 bits per heavy atom. The lowest BCUT2D eigenvalue weighted by atomic mass is 10.1. The summed E-state index contributed by atoms with van der Waals surface area (Å²) in [6.45, 7) is 0. The molecule has 5 rings (SSSR count). The number of para-hydroxylation sites is 2. The largest absolute Gasteiger partial charge is 0.505 e. The van der Waals surface area contributed by atoms with Gasteiger partial charge in [0.2, 0.25) is 0 Å². The van der Waals surface area contributed by atoms with E-state index in [0.717, 1.165) is 27.1 Å². The lowest BCUT2D eigenvalue weighted by Gasteiger charge is -2.11. The van der Waals surface area contributed by atoms with E-state index in [1.165, 1.54) is 18.4 Å². The lowest BCUT2D eigenvalue weighted by Crippen LogP contribution is -2.25. The van der Waals surface area contributed by atoms with E-state index in [0.29, 0.717) is 22.3 Å². The zero-order chi connectivity index (χ0) is 23.7. The molecule has 5 aromatic rings. The molecule has 0 saturated carbocycles. The summed E-state index contributed by atoms with van der Waals surface area (Å²) in [5.74, 6) is -0.824. The van der Waals surface area contributed by atoms with Gasteiger partial charge in [0.15, 0.2) is 16.6 Å². The zero-order valence-electron chi connectivity index (χ0n) is 17.9. The van der Waals surface area contributed by atoms with E-state index in [1.54, 1.807) is 24.3 Å². The number of aromatic nitrogens is 3. The van der Waals surface area contributed by atoms with Crippen molar-refractivity contribution < 1.29 is 14.6 Å². The molecule has 2 heterocycles. The van der Waals surface area contributed by atoms with Crippen LogP contribution < -0.4 is 15.6 Å². The first kappa shape index (κ1) is 21.4. The molecule has 34 heavy (non-hydrogen) atoms. The van der Waals surface area contributed by atoms with Gasteiger partial charge in [0, 0.05) is 17.0 Å².